The molecule has 1 heterocycles. The number of hydrogen-bond donors (Lipinski definition) is 3. The number of nitrogens with one attached hydrogen (secondary N) is 3. The minimum Gasteiger partial charge on any atom is -0.355 e. The van der Waals surface area contributed by atoms with E-state index in [0.717, 1.165) is 18.5 Å². The Morgan fingerprint density at radius 3 is 2.50 bits per heavy atom. The molecular formula is C16H31IN6O. The van der Waals surface area contributed by atoms with Crippen molar-refractivity contribution in [3.8, 4) is 0 Å². The van der Waals surface area contributed by atoms with Gasteiger partial charge in [-0.15, -0.1) is 24.0 Å². The van der Waals surface area contributed by atoms with Crippen molar-refractivity contribution in [2.45, 2.75) is 46.6 Å². The van der Waals surface area contributed by atoms with Crippen molar-refractivity contribution in [1.29, 1.82) is 0 Å². The number of nitrogens with zero attached hydrogens (tertiary/aromatic N) is 3. The summed E-state index contributed by atoms with van der Waals surface area (Å²) in [5, 5.41) is 13.6. The standard InChI is InChI=1S/C16H30N6O.HI/c1-7-8-18-15(23)10-19-16(17-5)20-11(2)9-14-12(3)21-22(6)13(14)4;/h11H,7-10H2,1-6H3,(H,18,23)(H2,17,19,20);1H. The van der Waals surface area contributed by atoms with Crippen LogP contribution >= 0.6 is 24.0 Å². The quantitative estimate of drug-likeness (QED) is 0.332. The maximum absolute atomic E-state index is 11.6. The lowest BCUT2D eigenvalue weighted by Gasteiger charge is -2.18. The van der Waals surface area contributed by atoms with Gasteiger partial charge < -0.3 is 16.0 Å². The second-order valence-electron chi connectivity index (χ2n) is 5.80. The van der Waals surface area contributed by atoms with Crippen molar-refractivity contribution in [1.82, 2.24) is 25.7 Å². The highest BCUT2D eigenvalue weighted by atomic mass is 127. The zero-order valence-electron chi connectivity index (χ0n) is 15.6. The van der Waals surface area contributed by atoms with Crippen LogP contribution in [0.4, 0.5) is 0 Å². The molecule has 8 heteroatoms. The van der Waals surface area contributed by atoms with Crippen LogP contribution in [0.1, 0.15) is 37.2 Å². The van der Waals surface area contributed by atoms with Crippen molar-refractivity contribution in [3.63, 3.8) is 0 Å². The Balaban J connectivity index is 0.00000529. The molecule has 0 radical (unpaired) electrons. The van der Waals surface area contributed by atoms with E-state index in [2.05, 4.69) is 39.9 Å². The second kappa shape index (κ2) is 11.3. The van der Waals surface area contributed by atoms with Gasteiger partial charge >= 0.3 is 0 Å². The highest BCUT2D eigenvalue weighted by Crippen LogP contribution is 2.13. The Morgan fingerprint density at radius 2 is 2.00 bits per heavy atom. The molecule has 0 aromatic carbocycles. The number of aliphatic imine (C=N–C) groups is 1. The van der Waals surface area contributed by atoms with Crippen molar-refractivity contribution in [3.05, 3.63) is 17.0 Å². The lowest BCUT2D eigenvalue weighted by Crippen LogP contribution is -2.46. The molecule has 0 aliphatic heterocycles. The molecule has 1 aromatic rings. The first-order valence-corrected chi connectivity index (χ1v) is 8.11. The van der Waals surface area contributed by atoms with E-state index in [0.29, 0.717) is 12.5 Å². The number of rotatable bonds is 7. The third-order valence-electron chi connectivity index (χ3n) is 3.76. The van der Waals surface area contributed by atoms with Crippen LogP contribution in [-0.2, 0) is 18.3 Å². The maximum Gasteiger partial charge on any atom is 0.239 e. The summed E-state index contributed by atoms with van der Waals surface area (Å²) in [6, 6.07) is 0.182. The third kappa shape index (κ3) is 7.06. The zero-order chi connectivity index (χ0) is 17.4. The van der Waals surface area contributed by atoms with Crippen LogP contribution in [0.3, 0.4) is 0 Å². The topological polar surface area (TPSA) is 83.3 Å². The summed E-state index contributed by atoms with van der Waals surface area (Å²) in [5.41, 5.74) is 3.49. The molecule has 0 fully saturated rings. The van der Waals surface area contributed by atoms with E-state index in [-0.39, 0.29) is 42.5 Å². The fraction of sp³-hybridized carbons (Fsp3) is 0.688. The minimum absolute atomic E-state index is 0. The van der Waals surface area contributed by atoms with E-state index in [1.54, 1.807) is 7.05 Å². The van der Waals surface area contributed by atoms with E-state index in [1.165, 1.54) is 11.3 Å². The molecule has 7 nitrogen and oxygen atoms in total. The highest BCUT2D eigenvalue weighted by Gasteiger charge is 2.14. The van der Waals surface area contributed by atoms with Gasteiger partial charge in [0.2, 0.25) is 5.91 Å². The lowest BCUT2D eigenvalue weighted by molar-refractivity contribution is -0.120. The Morgan fingerprint density at radius 1 is 1.33 bits per heavy atom. The third-order valence-corrected chi connectivity index (χ3v) is 3.76. The molecule has 1 amide bonds. The number of aryl methyl sites for hydroxylation is 2. The highest BCUT2D eigenvalue weighted by molar-refractivity contribution is 14.0. The van der Waals surface area contributed by atoms with Crippen LogP contribution in [0.5, 0.6) is 0 Å². The summed E-state index contributed by atoms with van der Waals surface area (Å²) in [6.45, 7) is 9.14. The Hall–Kier alpha value is -1.32. The predicted molar refractivity (Wildman–Crippen MR) is 109 cm³/mol. The molecule has 138 valence electrons. The molecule has 0 aliphatic rings. The van der Waals surface area contributed by atoms with E-state index < -0.39 is 0 Å². The molecule has 1 rings (SSSR count). The molecule has 3 N–H and O–H groups in total. The number of halogens is 1. The monoisotopic (exact) mass is 450 g/mol. The number of guanidine groups is 1. The number of carbonyl (C=O) groups is 1. The van der Waals surface area contributed by atoms with E-state index >= 15 is 0 Å². The fourth-order valence-corrected chi connectivity index (χ4v) is 2.39. The molecule has 0 saturated heterocycles. The largest absolute Gasteiger partial charge is 0.355 e. The summed E-state index contributed by atoms with van der Waals surface area (Å²) < 4.78 is 1.91. The molecule has 0 saturated carbocycles. The van der Waals surface area contributed by atoms with Gasteiger partial charge in [0, 0.05) is 32.4 Å². The van der Waals surface area contributed by atoms with Gasteiger partial charge in [-0.3, -0.25) is 14.5 Å². The summed E-state index contributed by atoms with van der Waals surface area (Å²) in [6.07, 6.45) is 1.79. The van der Waals surface area contributed by atoms with Crippen LogP contribution in [-0.4, -0.2) is 47.8 Å². The van der Waals surface area contributed by atoms with Crippen molar-refractivity contribution in [2.24, 2.45) is 12.0 Å². The van der Waals surface area contributed by atoms with Crippen molar-refractivity contribution in [2.75, 3.05) is 20.1 Å². The van der Waals surface area contributed by atoms with Gasteiger partial charge in [0.1, 0.15) is 0 Å². The molecule has 0 aliphatic carbocycles. The smallest absolute Gasteiger partial charge is 0.239 e. The average Bonchev–Trinajstić information content (AvgIpc) is 2.75. The fourth-order valence-electron chi connectivity index (χ4n) is 2.39. The van der Waals surface area contributed by atoms with Gasteiger partial charge in [-0.2, -0.15) is 5.10 Å². The first-order valence-electron chi connectivity index (χ1n) is 8.11. The number of aromatic nitrogens is 2. The summed E-state index contributed by atoms with van der Waals surface area (Å²) in [5.74, 6) is 0.602. The van der Waals surface area contributed by atoms with Gasteiger partial charge in [0.15, 0.2) is 5.96 Å². The van der Waals surface area contributed by atoms with Crippen LogP contribution < -0.4 is 16.0 Å². The van der Waals surface area contributed by atoms with E-state index in [1.807, 2.05) is 25.6 Å². The zero-order valence-corrected chi connectivity index (χ0v) is 17.9. The maximum atomic E-state index is 11.6. The van der Waals surface area contributed by atoms with Gasteiger partial charge in [-0.05, 0) is 39.2 Å². The van der Waals surface area contributed by atoms with Gasteiger partial charge in [-0.1, -0.05) is 6.92 Å². The van der Waals surface area contributed by atoms with Crippen LogP contribution in [0.2, 0.25) is 0 Å². The molecular weight excluding hydrogens is 419 g/mol. The molecule has 1 unspecified atom stereocenters. The Bertz CT molecular complexity index is 555. The summed E-state index contributed by atoms with van der Waals surface area (Å²) >= 11 is 0. The van der Waals surface area contributed by atoms with Crippen molar-refractivity contribution >= 4 is 35.8 Å². The molecule has 1 atom stereocenters. The predicted octanol–water partition coefficient (Wildman–Crippen LogP) is 1.28. The Kier molecular flexibility index (Phi) is 10.7. The van der Waals surface area contributed by atoms with Crippen LogP contribution in [0.25, 0.3) is 0 Å². The lowest BCUT2D eigenvalue weighted by atomic mass is 10.1. The van der Waals surface area contributed by atoms with Crippen LogP contribution in [0.15, 0.2) is 4.99 Å². The number of carbonyl (C=O) groups excluding carboxylic acids is 1. The minimum atomic E-state index is -0.0265. The second-order valence-corrected chi connectivity index (χ2v) is 5.80. The molecule has 1 aromatic heterocycles. The first kappa shape index (κ1) is 22.7. The molecule has 0 spiro atoms. The Labute approximate surface area is 162 Å². The SMILES string of the molecule is CCCNC(=O)CNC(=NC)NC(C)Cc1c(C)nn(C)c1C.I. The summed E-state index contributed by atoms with van der Waals surface area (Å²) in [4.78, 5) is 15.8. The number of amides is 1. The molecule has 0 bridgehead atoms. The van der Waals surface area contributed by atoms with Gasteiger partial charge in [-0.25, -0.2) is 0 Å². The average molecular weight is 450 g/mol. The van der Waals surface area contributed by atoms with E-state index in [4.69, 9.17) is 0 Å². The van der Waals surface area contributed by atoms with Crippen molar-refractivity contribution < 1.29 is 4.79 Å². The first-order chi connectivity index (χ1) is 10.9. The van der Waals surface area contributed by atoms with E-state index in [9.17, 15) is 4.79 Å². The van der Waals surface area contributed by atoms with Crippen LogP contribution in [0, 0.1) is 13.8 Å². The van der Waals surface area contributed by atoms with Gasteiger partial charge in [0.25, 0.3) is 0 Å². The summed E-state index contributed by atoms with van der Waals surface area (Å²) in [7, 11) is 3.66. The molecule has 24 heavy (non-hydrogen) atoms. The normalized spacial score (nSPS) is 12.3. The van der Waals surface area contributed by atoms with Gasteiger partial charge in [0.05, 0.1) is 12.2 Å². The number of hydrogen-bond acceptors (Lipinski definition) is 3.